The van der Waals surface area contributed by atoms with Crippen molar-refractivity contribution in [1.29, 1.82) is 0 Å². The molecular weight excluding hydrogens is 247 g/mol. The fraction of sp³-hybridized carbons (Fsp3) is 0.364. The number of benzene rings is 1. The third kappa shape index (κ3) is 3.15. The highest BCUT2D eigenvalue weighted by Crippen LogP contribution is 2.19. The molecule has 0 radical (unpaired) electrons. The highest BCUT2D eigenvalue weighted by molar-refractivity contribution is 6.30. The Labute approximate surface area is 103 Å². The lowest BCUT2D eigenvalue weighted by Gasteiger charge is -2.22. The van der Waals surface area contributed by atoms with Crippen LogP contribution in [-0.2, 0) is 9.53 Å². The molecule has 1 atom stereocenters. The van der Waals surface area contributed by atoms with Crippen molar-refractivity contribution in [3.05, 3.63) is 29.0 Å². The molecule has 0 aromatic heterocycles. The number of amides is 1. The number of rotatable bonds is 2. The minimum atomic E-state index is -0.595. The van der Waals surface area contributed by atoms with Crippen LogP contribution in [0, 0.1) is 5.82 Å². The first-order chi connectivity index (χ1) is 8.16. The number of morpholine rings is 1. The van der Waals surface area contributed by atoms with E-state index >= 15 is 0 Å². The van der Waals surface area contributed by atoms with E-state index in [2.05, 4.69) is 10.6 Å². The summed E-state index contributed by atoms with van der Waals surface area (Å²) < 4.78 is 18.6. The molecule has 92 valence electrons. The highest BCUT2D eigenvalue weighted by atomic mass is 35.5. The molecule has 1 aromatic carbocycles. The molecule has 2 N–H and O–H groups in total. The van der Waals surface area contributed by atoms with E-state index in [1.54, 1.807) is 0 Å². The molecule has 1 aliphatic rings. The summed E-state index contributed by atoms with van der Waals surface area (Å²) in [5.41, 5.74) is 0.0664. The lowest BCUT2D eigenvalue weighted by Crippen LogP contribution is -2.45. The fourth-order valence-corrected chi connectivity index (χ4v) is 1.71. The Morgan fingerprint density at radius 1 is 1.59 bits per heavy atom. The van der Waals surface area contributed by atoms with Crippen LogP contribution in [0.5, 0.6) is 0 Å². The molecule has 1 unspecified atom stereocenters. The highest BCUT2D eigenvalue weighted by Gasteiger charge is 2.22. The second kappa shape index (κ2) is 5.44. The first kappa shape index (κ1) is 12.3. The Kier molecular flexibility index (Phi) is 3.93. The molecule has 0 spiro atoms. The summed E-state index contributed by atoms with van der Waals surface area (Å²) in [6.45, 7) is 1.61. The van der Waals surface area contributed by atoms with Gasteiger partial charge in [0.25, 0.3) is 5.91 Å². The predicted octanol–water partition coefficient (Wildman–Crippen LogP) is 1.41. The number of carbonyl (C=O) groups excluding carboxylic acids is 1. The van der Waals surface area contributed by atoms with E-state index in [0.29, 0.717) is 18.2 Å². The number of hydrogen-bond donors (Lipinski definition) is 2. The molecular formula is C11H12ClFN2O2. The molecule has 1 amide bonds. The van der Waals surface area contributed by atoms with Crippen LogP contribution in [0.1, 0.15) is 0 Å². The molecule has 1 heterocycles. The zero-order valence-electron chi connectivity index (χ0n) is 9.00. The van der Waals surface area contributed by atoms with Crippen molar-refractivity contribution in [1.82, 2.24) is 5.32 Å². The van der Waals surface area contributed by atoms with E-state index in [0.717, 1.165) is 6.54 Å². The zero-order valence-corrected chi connectivity index (χ0v) is 9.76. The standard InChI is InChI=1S/C11H12ClFN2O2/c12-7-1-2-8(13)9(5-7)15-11(16)10-6-14-3-4-17-10/h1-2,5,10,14H,3-4,6H2,(H,15,16). The van der Waals surface area contributed by atoms with E-state index in [4.69, 9.17) is 16.3 Å². The van der Waals surface area contributed by atoms with Gasteiger partial charge in [-0.25, -0.2) is 4.39 Å². The van der Waals surface area contributed by atoms with E-state index in [1.807, 2.05) is 0 Å². The second-order valence-corrected chi connectivity index (χ2v) is 4.11. The fourth-order valence-electron chi connectivity index (χ4n) is 1.54. The van der Waals surface area contributed by atoms with Crippen LogP contribution >= 0.6 is 11.6 Å². The normalized spacial score (nSPS) is 20.0. The maximum atomic E-state index is 13.4. The maximum absolute atomic E-state index is 13.4. The zero-order chi connectivity index (χ0) is 12.3. The van der Waals surface area contributed by atoms with Crippen LogP contribution in [-0.4, -0.2) is 31.7 Å². The van der Waals surface area contributed by atoms with Gasteiger partial charge in [-0.05, 0) is 18.2 Å². The van der Waals surface area contributed by atoms with Gasteiger partial charge in [0.05, 0.1) is 12.3 Å². The third-order valence-electron chi connectivity index (χ3n) is 2.41. The Balaban J connectivity index is 2.04. The van der Waals surface area contributed by atoms with Gasteiger partial charge >= 0.3 is 0 Å². The van der Waals surface area contributed by atoms with Crippen molar-refractivity contribution in [3.8, 4) is 0 Å². The van der Waals surface area contributed by atoms with Gasteiger partial charge < -0.3 is 15.4 Å². The van der Waals surface area contributed by atoms with Gasteiger partial charge in [0, 0.05) is 18.1 Å². The van der Waals surface area contributed by atoms with Crippen molar-refractivity contribution in [2.45, 2.75) is 6.10 Å². The maximum Gasteiger partial charge on any atom is 0.254 e. The molecule has 1 aliphatic heterocycles. The molecule has 0 bridgehead atoms. The molecule has 17 heavy (non-hydrogen) atoms. The monoisotopic (exact) mass is 258 g/mol. The van der Waals surface area contributed by atoms with Gasteiger partial charge in [-0.15, -0.1) is 0 Å². The topological polar surface area (TPSA) is 50.4 Å². The van der Waals surface area contributed by atoms with Crippen LogP contribution < -0.4 is 10.6 Å². The first-order valence-electron chi connectivity index (χ1n) is 5.25. The molecule has 0 aliphatic carbocycles. The Morgan fingerprint density at radius 3 is 3.12 bits per heavy atom. The molecule has 2 rings (SSSR count). The SMILES string of the molecule is O=C(Nc1cc(Cl)ccc1F)C1CNCCO1. The molecule has 0 saturated carbocycles. The van der Waals surface area contributed by atoms with Gasteiger partial charge in [-0.3, -0.25) is 4.79 Å². The van der Waals surface area contributed by atoms with Crippen LogP contribution in [0.2, 0.25) is 5.02 Å². The largest absolute Gasteiger partial charge is 0.366 e. The van der Waals surface area contributed by atoms with Gasteiger partial charge in [-0.2, -0.15) is 0 Å². The van der Waals surface area contributed by atoms with Gasteiger partial charge in [0.2, 0.25) is 0 Å². The Morgan fingerprint density at radius 2 is 2.41 bits per heavy atom. The van der Waals surface area contributed by atoms with Crippen LogP contribution in [0.15, 0.2) is 18.2 Å². The van der Waals surface area contributed by atoms with Crippen LogP contribution in [0.4, 0.5) is 10.1 Å². The lowest BCUT2D eigenvalue weighted by molar-refractivity contribution is -0.128. The number of nitrogens with one attached hydrogen (secondary N) is 2. The molecule has 1 aromatic rings. The van der Waals surface area contributed by atoms with Crippen molar-refractivity contribution in [2.75, 3.05) is 25.0 Å². The predicted molar refractivity (Wildman–Crippen MR) is 62.6 cm³/mol. The molecule has 1 saturated heterocycles. The molecule has 4 nitrogen and oxygen atoms in total. The number of ether oxygens (including phenoxy) is 1. The van der Waals surface area contributed by atoms with E-state index in [-0.39, 0.29) is 11.6 Å². The summed E-state index contributed by atoms with van der Waals surface area (Å²) in [6.07, 6.45) is -0.595. The smallest absolute Gasteiger partial charge is 0.254 e. The second-order valence-electron chi connectivity index (χ2n) is 3.68. The number of carbonyl (C=O) groups is 1. The average Bonchev–Trinajstić information content (AvgIpc) is 2.35. The Bertz CT molecular complexity index is 422. The van der Waals surface area contributed by atoms with E-state index in [9.17, 15) is 9.18 Å². The van der Waals surface area contributed by atoms with Crippen LogP contribution in [0.25, 0.3) is 0 Å². The van der Waals surface area contributed by atoms with Crippen LogP contribution in [0.3, 0.4) is 0 Å². The van der Waals surface area contributed by atoms with Crippen molar-refractivity contribution in [2.24, 2.45) is 0 Å². The van der Waals surface area contributed by atoms with E-state index in [1.165, 1.54) is 18.2 Å². The number of hydrogen-bond acceptors (Lipinski definition) is 3. The summed E-state index contributed by atoms with van der Waals surface area (Å²) >= 11 is 5.72. The average molecular weight is 259 g/mol. The molecule has 6 heteroatoms. The minimum Gasteiger partial charge on any atom is -0.366 e. The number of anilines is 1. The van der Waals surface area contributed by atoms with Gasteiger partial charge in [0.1, 0.15) is 11.9 Å². The minimum absolute atomic E-state index is 0.0664. The van der Waals surface area contributed by atoms with E-state index < -0.39 is 11.9 Å². The Hall–Kier alpha value is -1.17. The van der Waals surface area contributed by atoms with Gasteiger partial charge in [-0.1, -0.05) is 11.6 Å². The van der Waals surface area contributed by atoms with Crippen molar-refractivity contribution < 1.29 is 13.9 Å². The summed E-state index contributed by atoms with van der Waals surface area (Å²) in [5.74, 6) is -0.898. The van der Waals surface area contributed by atoms with Crippen molar-refractivity contribution in [3.63, 3.8) is 0 Å². The summed E-state index contributed by atoms with van der Waals surface area (Å²) in [5, 5.41) is 5.84. The number of halogens is 2. The summed E-state index contributed by atoms with van der Waals surface area (Å²) in [6, 6.07) is 3.99. The summed E-state index contributed by atoms with van der Waals surface area (Å²) in [4.78, 5) is 11.7. The first-order valence-corrected chi connectivity index (χ1v) is 5.63. The third-order valence-corrected chi connectivity index (χ3v) is 2.64. The summed E-state index contributed by atoms with van der Waals surface area (Å²) in [7, 11) is 0. The lowest BCUT2D eigenvalue weighted by atomic mass is 10.2. The molecule has 1 fully saturated rings. The van der Waals surface area contributed by atoms with Crippen molar-refractivity contribution >= 4 is 23.2 Å². The van der Waals surface area contributed by atoms with Gasteiger partial charge in [0.15, 0.2) is 0 Å². The quantitative estimate of drug-likeness (QED) is 0.843.